The summed E-state index contributed by atoms with van der Waals surface area (Å²) in [5, 5.41) is 0. The van der Waals surface area contributed by atoms with Crippen LogP contribution < -0.4 is 25.5 Å². The van der Waals surface area contributed by atoms with E-state index in [-0.39, 0.29) is 11.2 Å². The third-order valence-corrected chi connectivity index (χ3v) is 7.30. The van der Waals surface area contributed by atoms with Gasteiger partial charge in [0.25, 0.3) is 5.56 Å². The van der Waals surface area contributed by atoms with E-state index in [2.05, 4.69) is 16.9 Å². The maximum absolute atomic E-state index is 12.8. The fraction of sp³-hybridized carbons (Fsp3) is 0.621. The van der Waals surface area contributed by atoms with Crippen LogP contribution in [0, 0.1) is 0 Å². The van der Waals surface area contributed by atoms with Gasteiger partial charge in [0.2, 0.25) is 5.75 Å². The van der Waals surface area contributed by atoms with Crippen LogP contribution in [-0.2, 0) is 27.2 Å². The normalized spacial score (nSPS) is 11.5. The molecular weight excluding hydrogens is 498 g/mol. The molecule has 0 spiro atoms. The number of fused-ring (bicyclic) bond motifs is 1. The molecule has 10 nitrogen and oxygen atoms in total. The third kappa shape index (κ3) is 7.65. The fourth-order valence-corrected chi connectivity index (χ4v) is 5.10. The predicted octanol–water partition coefficient (Wildman–Crippen LogP) is 4.10. The Morgan fingerprint density at radius 2 is 1.38 bits per heavy atom. The second kappa shape index (κ2) is 14.8. The Balaban J connectivity index is 1.28. The van der Waals surface area contributed by atoms with Crippen molar-refractivity contribution in [1.82, 2.24) is 23.6 Å². The molecule has 10 heteroatoms. The van der Waals surface area contributed by atoms with E-state index in [1.54, 1.807) is 46.3 Å². The number of methoxy groups -OCH3 is 3. The number of hydrogen-bond donors (Lipinski definition) is 0. The molecule has 0 N–H and O–H groups in total. The van der Waals surface area contributed by atoms with Gasteiger partial charge in [0.15, 0.2) is 22.7 Å². The van der Waals surface area contributed by atoms with Gasteiger partial charge in [-0.2, -0.15) is 0 Å². The van der Waals surface area contributed by atoms with Crippen molar-refractivity contribution in [3.8, 4) is 17.2 Å². The van der Waals surface area contributed by atoms with Gasteiger partial charge >= 0.3 is 5.69 Å². The maximum atomic E-state index is 12.8. The zero-order valence-electron chi connectivity index (χ0n) is 24.5. The zero-order valence-corrected chi connectivity index (χ0v) is 24.5. The Kier molecular flexibility index (Phi) is 11.5. The first kappa shape index (κ1) is 30.3. The third-order valence-electron chi connectivity index (χ3n) is 7.30. The van der Waals surface area contributed by atoms with Gasteiger partial charge in [-0.25, -0.2) is 9.78 Å². The highest BCUT2D eigenvalue weighted by molar-refractivity contribution is 5.69. The van der Waals surface area contributed by atoms with E-state index in [0.29, 0.717) is 35.0 Å². The summed E-state index contributed by atoms with van der Waals surface area (Å²) in [6, 6.07) is 4.02. The maximum Gasteiger partial charge on any atom is 0.332 e. The highest BCUT2D eigenvalue weighted by Gasteiger charge is 2.15. The van der Waals surface area contributed by atoms with E-state index >= 15 is 0 Å². The van der Waals surface area contributed by atoms with Crippen LogP contribution in [0.2, 0.25) is 0 Å². The molecule has 216 valence electrons. The van der Waals surface area contributed by atoms with Crippen molar-refractivity contribution < 1.29 is 14.2 Å². The number of aryl methyl sites for hydroxylation is 2. The summed E-state index contributed by atoms with van der Waals surface area (Å²) in [5.74, 6) is 1.99. The lowest BCUT2D eigenvalue weighted by molar-refractivity contribution is 0.307. The first-order valence-corrected chi connectivity index (χ1v) is 13.9. The first-order chi connectivity index (χ1) is 18.8. The standard InChI is InChI=1S/C29H45N5O5/c1-31(20-22-18-23(37-4)26(39-6)24(19-22)38-5)16-14-12-10-8-7-9-11-13-15-17-34-28(35)25-27(30-21-32(25)2)33(3)29(34)36/h18-19,21H,7-17,20H2,1-6H3. The molecular formula is C29H45N5O5. The number of imidazole rings is 1. The van der Waals surface area contributed by atoms with Gasteiger partial charge in [0.1, 0.15) is 0 Å². The van der Waals surface area contributed by atoms with Gasteiger partial charge < -0.3 is 23.7 Å². The molecule has 2 aromatic heterocycles. The van der Waals surface area contributed by atoms with Gasteiger partial charge in [0, 0.05) is 27.2 Å². The zero-order chi connectivity index (χ0) is 28.4. The summed E-state index contributed by atoms with van der Waals surface area (Å²) in [5.41, 5.74) is 1.51. The fourth-order valence-electron chi connectivity index (χ4n) is 5.10. The molecule has 0 amide bonds. The number of rotatable bonds is 17. The molecule has 0 atom stereocenters. The molecule has 0 fully saturated rings. The van der Waals surface area contributed by atoms with Crippen LogP contribution in [-0.4, -0.2) is 58.5 Å². The Morgan fingerprint density at radius 3 is 1.95 bits per heavy atom. The van der Waals surface area contributed by atoms with Crippen LogP contribution in [0.4, 0.5) is 0 Å². The van der Waals surface area contributed by atoms with E-state index < -0.39 is 0 Å². The molecule has 3 rings (SSSR count). The summed E-state index contributed by atoms with van der Waals surface area (Å²) in [6.07, 6.45) is 11.8. The molecule has 0 radical (unpaired) electrons. The molecule has 2 heterocycles. The van der Waals surface area contributed by atoms with Crippen molar-refractivity contribution >= 4 is 11.2 Å². The summed E-state index contributed by atoms with van der Waals surface area (Å²) >= 11 is 0. The van der Waals surface area contributed by atoms with Gasteiger partial charge in [-0.3, -0.25) is 13.9 Å². The quantitative estimate of drug-likeness (QED) is 0.237. The molecule has 0 saturated heterocycles. The molecule has 0 aliphatic heterocycles. The van der Waals surface area contributed by atoms with E-state index in [1.807, 2.05) is 12.1 Å². The van der Waals surface area contributed by atoms with Crippen LogP contribution in [0.5, 0.6) is 17.2 Å². The number of unbranched alkanes of at least 4 members (excludes halogenated alkanes) is 8. The Morgan fingerprint density at radius 1 is 0.821 bits per heavy atom. The van der Waals surface area contributed by atoms with Gasteiger partial charge in [0.05, 0.1) is 27.7 Å². The van der Waals surface area contributed by atoms with Crippen LogP contribution in [0.3, 0.4) is 0 Å². The van der Waals surface area contributed by atoms with Crippen molar-refractivity contribution in [2.45, 2.75) is 70.9 Å². The minimum atomic E-state index is -0.291. The molecule has 0 bridgehead atoms. The summed E-state index contributed by atoms with van der Waals surface area (Å²) in [7, 11) is 10.5. The van der Waals surface area contributed by atoms with Crippen LogP contribution in [0.1, 0.15) is 63.4 Å². The van der Waals surface area contributed by atoms with Gasteiger partial charge in [-0.15, -0.1) is 0 Å². The highest BCUT2D eigenvalue weighted by Crippen LogP contribution is 2.38. The second-order valence-electron chi connectivity index (χ2n) is 10.3. The average molecular weight is 544 g/mol. The van der Waals surface area contributed by atoms with Crippen molar-refractivity contribution in [1.29, 1.82) is 0 Å². The Bertz CT molecular complexity index is 1300. The van der Waals surface area contributed by atoms with Crippen LogP contribution in [0.25, 0.3) is 11.2 Å². The predicted molar refractivity (Wildman–Crippen MR) is 154 cm³/mol. The van der Waals surface area contributed by atoms with E-state index in [9.17, 15) is 9.59 Å². The lowest BCUT2D eigenvalue weighted by Crippen LogP contribution is -2.39. The number of nitrogens with zero attached hydrogens (tertiary/aromatic N) is 5. The Labute approximate surface area is 231 Å². The van der Waals surface area contributed by atoms with Crippen molar-refractivity contribution in [3.05, 3.63) is 44.9 Å². The molecule has 39 heavy (non-hydrogen) atoms. The highest BCUT2D eigenvalue weighted by atomic mass is 16.5. The van der Waals surface area contributed by atoms with Gasteiger partial charge in [-0.05, 0) is 44.1 Å². The summed E-state index contributed by atoms with van der Waals surface area (Å²) < 4.78 is 20.8. The SMILES string of the molecule is COc1cc(CN(C)CCCCCCCCCCCn2c(=O)c3c(ncn3C)n(C)c2=O)cc(OC)c1OC. The lowest BCUT2D eigenvalue weighted by Gasteiger charge is -2.19. The monoisotopic (exact) mass is 543 g/mol. The number of ether oxygens (including phenoxy) is 3. The molecule has 0 aliphatic rings. The van der Waals surface area contributed by atoms with Crippen LogP contribution in [0.15, 0.2) is 28.0 Å². The molecule has 0 aliphatic carbocycles. The van der Waals surface area contributed by atoms with E-state index in [1.165, 1.54) is 47.7 Å². The molecule has 3 aromatic rings. The van der Waals surface area contributed by atoms with Crippen molar-refractivity contribution in [2.75, 3.05) is 34.9 Å². The lowest BCUT2D eigenvalue weighted by atomic mass is 10.1. The van der Waals surface area contributed by atoms with E-state index in [4.69, 9.17) is 14.2 Å². The van der Waals surface area contributed by atoms with Crippen molar-refractivity contribution in [3.63, 3.8) is 0 Å². The molecule has 0 saturated carbocycles. The number of aromatic nitrogens is 4. The van der Waals surface area contributed by atoms with Gasteiger partial charge in [-0.1, -0.05) is 44.9 Å². The van der Waals surface area contributed by atoms with E-state index in [0.717, 1.165) is 37.9 Å². The van der Waals surface area contributed by atoms with Crippen molar-refractivity contribution in [2.24, 2.45) is 14.1 Å². The molecule has 1 aromatic carbocycles. The first-order valence-electron chi connectivity index (χ1n) is 13.9. The summed E-state index contributed by atoms with van der Waals surface area (Å²) in [4.78, 5) is 31.8. The molecule has 0 unspecified atom stereocenters. The largest absolute Gasteiger partial charge is 0.493 e. The second-order valence-corrected chi connectivity index (χ2v) is 10.3. The summed E-state index contributed by atoms with van der Waals surface area (Å²) in [6.45, 7) is 2.32. The number of benzene rings is 1. The minimum Gasteiger partial charge on any atom is -0.493 e. The Hall–Kier alpha value is -3.27. The minimum absolute atomic E-state index is 0.248. The van der Waals surface area contributed by atoms with Crippen LogP contribution >= 0.6 is 0 Å². The topological polar surface area (TPSA) is 92.8 Å². The smallest absolute Gasteiger partial charge is 0.332 e. The number of hydrogen-bond acceptors (Lipinski definition) is 7. The average Bonchev–Trinajstić information content (AvgIpc) is 3.32.